The van der Waals surface area contributed by atoms with Gasteiger partial charge in [0, 0.05) is 12.5 Å². The number of amides is 1. The van der Waals surface area contributed by atoms with Crippen molar-refractivity contribution in [2.45, 2.75) is 58.9 Å². The maximum Gasteiger partial charge on any atom is 0.410 e. The first-order valence-corrected chi connectivity index (χ1v) is 7.31. The van der Waals surface area contributed by atoms with Crippen LogP contribution < -0.4 is 0 Å². The third-order valence-electron chi connectivity index (χ3n) is 4.51. The van der Waals surface area contributed by atoms with Gasteiger partial charge < -0.3 is 14.7 Å². The summed E-state index contributed by atoms with van der Waals surface area (Å²) in [4.78, 5) is 24.9. The van der Waals surface area contributed by atoms with Crippen molar-refractivity contribution in [3.8, 4) is 0 Å². The lowest BCUT2D eigenvalue weighted by molar-refractivity contribution is -0.139. The Kier molecular flexibility index (Phi) is 3.71. The molecule has 1 saturated heterocycles. The van der Waals surface area contributed by atoms with E-state index < -0.39 is 41.2 Å². The first-order chi connectivity index (χ1) is 9.45. The number of halogens is 1. The van der Waals surface area contributed by atoms with Gasteiger partial charge in [0.1, 0.15) is 11.8 Å². The highest BCUT2D eigenvalue weighted by Crippen LogP contribution is 2.62. The predicted octanol–water partition coefficient (Wildman–Crippen LogP) is 2.69. The SMILES string of the molecule is CC(C)(C)OC(=O)N1C[C@H](F)CC1[C@H]1[C@H](C(=O)O)C1(C)C. The van der Waals surface area contributed by atoms with Crippen molar-refractivity contribution in [2.75, 3.05) is 6.54 Å². The standard InChI is InChI=1S/C15H24FNO4/c1-14(2,3)21-13(20)17-7-8(16)6-9(17)10-11(12(18)19)15(10,4)5/h8-11H,6-7H2,1-5H3,(H,18,19)/t8-,9?,10+,11-/m1/s1. The second-order valence-electron chi connectivity index (χ2n) is 7.70. The molecule has 2 rings (SSSR count). The minimum absolute atomic E-state index is 0.0154. The molecule has 1 unspecified atom stereocenters. The van der Waals surface area contributed by atoms with Gasteiger partial charge in [-0.05, 0) is 32.1 Å². The van der Waals surface area contributed by atoms with Gasteiger partial charge in [0.2, 0.25) is 0 Å². The van der Waals surface area contributed by atoms with Gasteiger partial charge in [0.05, 0.1) is 12.5 Å². The van der Waals surface area contributed by atoms with Crippen LogP contribution in [-0.2, 0) is 9.53 Å². The summed E-state index contributed by atoms with van der Waals surface area (Å²) >= 11 is 0. The number of hydrogen-bond acceptors (Lipinski definition) is 3. The van der Waals surface area contributed by atoms with E-state index in [0.717, 1.165) is 0 Å². The van der Waals surface area contributed by atoms with Gasteiger partial charge in [-0.15, -0.1) is 0 Å². The van der Waals surface area contributed by atoms with Crippen molar-refractivity contribution >= 4 is 12.1 Å². The first kappa shape index (κ1) is 16.0. The third kappa shape index (κ3) is 2.99. The lowest BCUT2D eigenvalue weighted by Crippen LogP contribution is -2.41. The number of likely N-dealkylation sites (tertiary alicyclic amines) is 1. The molecule has 5 nitrogen and oxygen atoms in total. The fraction of sp³-hybridized carbons (Fsp3) is 0.867. The summed E-state index contributed by atoms with van der Waals surface area (Å²) in [5.41, 5.74) is -1.07. The third-order valence-corrected chi connectivity index (χ3v) is 4.51. The molecule has 4 atom stereocenters. The maximum absolute atomic E-state index is 13.8. The maximum atomic E-state index is 13.8. The van der Waals surface area contributed by atoms with Gasteiger partial charge in [-0.1, -0.05) is 13.8 Å². The van der Waals surface area contributed by atoms with Crippen LogP contribution in [-0.4, -0.2) is 46.4 Å². The Morgan fingerprint density at radius 2 is 1.90 bits per heavy atom. The zero-order chi connectivity index (χ0) is 16.2. The number of carboxylic acid groups (broad SMARTS) is 1. The number of carboxylic acids is 1. The molecular weight excluding hydrogens is 277 g/mol. The number of aliphatic carboxylic acids is 1. The van der Waals surface area contributed by atoms with Crippen molar-refractivity contribution in [3.63, 3.8) is 0 Å². The highest BCUT2D eigenvalue weighted by Gasteiger charge is 2.67. The summed E-state index contributed by atoms with van der Waals surface area (Å²) in [5.74, 6) is -1.63. The van der Waals surface area contributed by atoms with E-state index in [0.29, 0.717) is 0 Å². The number of hydrogen-bond donors (Lipinski definition) is 1. The van der Waals surface area contributed by atoms with Gasteiger partial charge >= 0.3 is 12.1 Å². The largest absolute Gasteiger partial charge is 0.481 e. The minimum atomic E-state index is -1.12. The Morgan fingerprint density at radius 3 is 2.33 bits per heavy atom. The van der Waals surface area contributed by atoms with Crippen molar-refractivity contribution in [2.24, 2.45) is 17.3 Å². The zero-order valence-electron chi connectivity index (χ0n) is 13.2. The van der Waals surface area contributed by atoms with E-state index in [-0.39, 0.29) is 18.9 Å². The van der Waals surface area contributed by atoms with Crippen molar-refractivity contribution in [1.29, 1.82) is 0 Å². The molecule has 1 heterocycles. The van der Waals surface area contributed by atoms with Crippen LogP contribution in [0.15, 0.2) is 0 Å². The fourth-order valence-corrected chi connectivity index (χ4v) is 3.55. The molecule has 2 aliphatic rings. The Labute approximate surface area is 124 Å². The van der Waals surface area contributed by atoms with Crippen molar-refractivity contribution in [3.05, 3.63) is 0 Å². The van der Waals surface area contributed by atoms with E-state index in [4.69, 9.17) is 4.74 Å². The average Bonchev–Trinajstić information content (AvgIpc) is 2.65. The van der Waals surface area contributed by atoms with Gasteiger partial charge in [0.15, 0.2) is 0 Å². The van der Waals surface area contributed by atoms with E-state index in [2.05, 4.69) is 0 Å². The van der Waals surface area contributed by atoms with Crippen molar-refractivity contribution in [1.82, 2.24) is 4.90 Å². The molecule has 1 aliphatic heterocycles. The predicted molar refractivity (Wildman–Crippen MR) is 74.6 cm³/mol. The number of ether oxygens (including phenoxy) is 1. The number of rotatable bonds is 2. The molecule has 0 spiro atoms. The van der Waals surface area contributed by atoms with Crippen LogP contribution in [0.1, 0.15) is 41.0 Å². The van der Waals surface area contributed by atoms with E-state index in [1.54, 1.807) is 20.8 Å². The summed E-state index contributed by atoms with van der Waals surface area (Å²) in [6, 6.07) is -0.397. The van der Waals surface area contributed by atoms with Gasteiger partial charge in [-0.3, -0.25) is 4.79 Å². The van der Waals surface area contributed by atoms with E-state index in [9.17, 15) is 19.1 Å². The number of nitrogens with zero attached hydrogens (tertiary/aromatic N) is 1. The summed E-state index contributed by atoms with van der Waals surface area (Å²) in [5, 5.41) is 9.27. The normalized spacial score (nSPS) is 34.7. The van der Waals surface area contributed by atoms with Crippen LogP contribution in [0.5, 0.6) is 0 Å². The van der Waals surface area contributed by atoms with Gasteiger partial charge in [-0.2, -0.15) is 0 Å². The molecular formula is C15H24FNO4. The topological polar surface area (TPSA) is 66.8 Å². The molecule has 0 bridgehead atoms. The summed E-state index contributed by atoms with van der Waals surface area (Å²) in [7, 11) is 0. The summed E-state index contributed by atoms with van der Waals surface area (Å²) in [6.07, 6.45) is -1.48. The zero-order valence-corrected chi connectivity index (χ0v) is 13.2. The summed E-state index contributed by atoms with van der Waals surface area (Å²) < 4.78 is 19.1. The smallest absolute Gasteiger partial charge is 0.410 e. The minimum Gasteiger partial charge on any atom is -0.481 e. The molecule has 1 saturated carbocycles. The highest BCUT2D eigenvalue weighted by molar-refractivity contribution is 5.76. The molecule has 21 heavy (non-hydrogen) atoms. The van der Waals surface area contributed by atoms with Crippen LogP contribution >= 0.6 is 0 Å². The lowest BCUT2D eigenvalue weighted by atomic mass is 10.0. The second-order valence-corrected chi connectivity index (χ2v) is 7.70. The molecule has 1 N–H and O–H groups in total. The van der Waals surface area contributed by atoms with Crippen LogP contribution in [0.3, 0.4) is 0 Å². The number of carbonyl (C=O) groups is 2. The molecule has 120 valence electrons. The van der Waals surface area contributed by atoms with E-state index in [1.807, 2.05) is 13.8 Å². The molecule has 0 aromatic rings. The average molecular weight is 301 g/mol. The van der Waals surface area contributed by atoms with Gasteiger partial charge in [-0.25, -0.2) is 9.18 Å². The van der Waals surface area contributed by atoms with Crippen LogP contribution in [0.4, 0.5) is 9.18 Å². The van der Waals surface area contributed by atoms with Crippen LogP contribution in [0.2, 0.25) is 0 Å². The molecule has 6 heteroatoms. The van der Waals surface area contributed by atoms with E-state index >= 15 is 0 Å². The highest BCUT2D eigenvalue weighted by atomic mass is 19.1. The Balaban J connectivity index is 2.15. The quantitative estimate of drug-likeness (QED) is 0.851. The number of carbonyl (C=O) groups excluding carboxylic acids is 1. The molecule has 0 aromatic heterocycles. The molecule has 0 aromatic carbocycles. The Hall–Kier alpha value is -1.33. The van der Waals surface area contributed by atoms with Crippen molar-refractivity contribution < 1.29 is 23.8 Å². The fourth-order valence-electron chi connectivity index (χ4n) is 3.55. The Morgan fingerprint density at radius 1 is 1.33 bits per heavy atom. The Bertz CT molecular complexity index is 457. The lowest BCUT2D eigenvalue weighted by Gasteiger charge is -2.29. The van der Waals surface area contributed by atoms with Crippen LogP contribution in [0.25, 0.3) is 0 Å². The number of alkyl halides is 1. The second kappa shape index (κ2) is 4.85. The first-order valence-electron chi connectivity index (χ1n) is 7.31. The molecule has 2 fully saturated rings. The molecule has 1 amide bonds. The van der Waals surface area contributed by atoms with E-state index in [1.165, 1.54) is 4.90 Å². The van der Waals surface area contributed by atoms with Gasteiger partial charge in [0.25, 0.3) is 0 Å². The molecule has 1 aliphatic carbocycles. The monoisotopic (exact) mass is 301 g/mol. The summed E-state index contributed by atoms with van der Waals surface area (Å²) in [6.45, 7) is 8.96. The van der Waals surface area contributed by atoms with Crippen LogP contribution in [0, 0.1) is 17.3 Å². The molecule has 0 radical (unpaired) electrons.